The van der Waals surface area contributed by atoms with Crippen molar-refractivity contribution in [3.8, 4) is 0 Å². The smallest absolute Gasteiger partial charge is 0.744 e. The maximum Gasteiger partial charge on any atom is 2.00 e. The molecule has 0 spiro atoms. The fourth-order valence-electron chi connectivity index (χ4n) is 8.31. The van der Waals surface area contributed by atoms with Crippen molar-refractivity contribution in [2.24, 2.45) is 0 Å². The Kier molecular flexibility index (Phi) is 22.6. The molecule has 5 aromatic carbocycles. The van der Waals surface area contributed by atoms with Gasteiger partial charge in [0.15, 0.2) is 0 Å². The molecule has 0 amide bonds. The van der Waals surface area contributed by atoms with Crippen molar-refractivity contribution in [1.82, 2.24) is 0 Å². The molecule has 0 aromatic heterocycles. The Hall–Kier alpha value is -2.60. The molecule has 5 aromatic rings. The monoisotopic (exact) mass is 1080 g/mol. The number of rotatable bonds is 11. The third-order valence-corrected chi connectivity index (χ3v) is 20.5. The minimum Gasteiger partial charge on any atom is -0.744 e. The molecule has 0 fully saturated rings. The van der Waals surface area contributed by atoms with Crippen LogP contribution in [0.3, 0.4) is 0 Å². The molecule has 2 N–H and O–H groups in total. The van der Waals surface area contributed by atoms with Crippen molar-refractivity contribution in [3.05, 3.63) is 144 Å². The van der Waals surface area contributed by atoms with Crippen LogP contribution in [-0.2, 0) is 60.3 Å². The molecule has 0 aliphatic heterocycles. The van der Waals surface area contributed by atoms with Gasteiger partial charge in [0.05, 0.1) is 24.5 Å². The number of aryl methyl sites for hydroxylation is 15. The standard InChI is InChI=1S/5C9H12O3S.Al.Ca.H2O/c5*1-6-4-7(2)9(8(3)5-6)13(10,11)12;;;/h5*4-5H,1-3H3,(H,10,11,12);;;1H2/q;;;;;+3;+2;/p-5. The Morgan fingerprint density at radius 3 is 0.574 bits per heavy atom. The van der Waals surface area contributed by atoms with Crippen molar-refractivity contribution in [1.29, 1.82) is 0 Å². The Morgan fingerprint density at radius 2 is 0.441 bits per heavy atom. The van der Waals surface area contributed by atoms with Crippen LogP contribution in [0.5, 0.6) is 0 Å². The number of hydrogen-bond acceptors (Lipinski definition) is 15. The summed E-state index contributed by atoms with van der Waals surface area (Å²) in [6.07, 6.45) is 0. The zero-order chi connectivity index (χ0) is 50.8. The first-order valence-corrected chi connectivity index (χ1v) is 28.5. The van der Waals surface area contributed by atoms with Crippen LogP contribution in [0.2, 0.25) is 0 Å². The maximum atomic E-state index is 13.5. The van der Waals surface area contributed by atoms with Gasteiger partial charge in [-0.1, -0.05) is 88.5 Å². The van der Waals surface area contributed by atoms with Gasteiger partial charge < -0.3 is 24.3 Å². The SMILES string of the molecule is Cc1cc(C)c(S(=O)(=O)[O-])c(C)c1.Cc1cc(C)c(S(=O)(=O)[O-])c(C)c1.Cc1cc(C)c(S(=O)(=O)[O][Al]([O]S(=O)(=O)c2c(C)cc(C)cc2C)[O]S(=O)(=O)c2c(C)cc(C)cc2C)c(C)c1.O.[Ca+2]. The van der Waals surface area contributed by atoms with Crippen LogP contribution < -0.4 is 0 Å². The average molecular weight is 1080 g/mol. The van der Waals surface area contributed by atoms with Crippen LogP contribution in [-0.4, -0.2) is 110 Å². The van der Waals surface area contributed by atoms with Crippen LogP contribution in [0, 0.1) is 104 Å². The van der Waals surface area contributed by atoms with Crippen molar-refractivity contribution in [2.75, 3.05) is 0 Å². The van der Waals surface area contributed by atoms with Gasteiger partial charge in [-0.2, -0.15) is 25.3 Å². The molecule has 0 saturated carbocycles. The van der Waals surface area contributed by atoms with E-state index < -0.39 is 65.7 Å². The molecule has 0 saturated heterocycles. The van der Waals surface area contributed by atoms with Gasteiger partial charge in [-0.15, -0.1) is 0 Å². The van der Waals surface area contributed by atoms with E-state index in [-0.39, 0.29) is 67.7 Å². The Morgan fingerprint density at radius 1 is 0.309 bits per heavy atom. The summed E-state index contributed by atoms with van der Waals surface area (Å²) < 4.78 is 162. The Labute approximate surface area is 438 Å². The van der Waals surface area contributed by atoms with Gasteiger partial charge in [-0.3, -0.25) is 0 Å². The van der Waals surface area contributed by atoms with E-state index in [2.05, 4.69) is 0 Å². The molecular formula is C45H57AlCaO16S5. The van der Waals surface area contributed by atoms with Gasteiger partial charge in [0.2, 0.25) is 0 Å². The summed E-state index contributed by atoms with van der Waals surface area (Å²) in [7, 11) is -22.8. The molecule has 23 heteroatoms. The van der Waals surface area contributed by atoms with E-state index in [1.807, 2.05) is 13.8 Å². The second-order valence-corrected chi connectivity index (χ2v) is 26.0. The maximum absolute atomic E-state index is 13.5. The van der Waals surface area contributed by atoms with E-state index in [1.54, 1.807) is 151 Å². The molecule has 0 bridgehead atoms. The van der Waals surface area contributed by atoms with E-state index in [9.17, 15) is 51.2 Å². The normalized spacial score (nSPS) is 11.8. The molecule has 0 atom stereocenters. The van der Waals surface area contributed by atoms with Gasteiger partial charge in [0.1, 0.15) is 20.2 Å². The van der Waals surface area contributed by atoms with Gasteiger partial charge in [-0.05, 0) is 159 Å². The third-order valence-electron chi connectivity index (χ3n) is 9.89. The van der Waals surface area contributed by atoms with Gasteiger partial charge >= 0.3 is 52.9 Å². The summed E-state index contributed by atoms with van der Waals surface area (Å²) in [5, 5.41) is 0. The summed E-state index contributed by atoms with van der Waals surface area (Å²) in [6, 6.07) is 16.5. The number of hydrogen-bond donors (Lipinski definition) is 0. The Bertz CT molecular complexity index is 2870. The molecule has 16 nitrogen and oxygen atoms in total. The fraction of sp³-hybridized carbons (Fsp3) is 0.333. The van der Waals surface area contributed by atoms with E-state index in [1.165, 1.54) is 0 Å². The quantitative estimate of drug-likeness (QED) is 0.0972. The Balaban J connectivity index is 0.000000671. The van der Waals surface area contributed by atoms with E-state index in [0.717, 1.165) is 27.8 Å². The van der Waals surface area contributed by atoms with E-state index >= 15 is 0 Å². The molecular weight excluding hydrogens is 1020 g/mol. The average Bonchev–Trinajstić information content (AvgIpc) is 3.04. The fourth-order valence-corrected chi connectivity index (χ4v) is 17.7. The molecule has 0 aliphatic carbocycles. The van der Waals surface area contributed by atoms with Crippen LogP contribution in [0.15, 0.2) is 85.1 Å². The van der Waals surface area contributed by atoms with Gasteiger partial charge in [0.25, 0.3) is 30.4 Å². The largest absolute Gasteiger partial charge is 2.00 e. The van der Waals surface area contributed by atoms with Gasteiger partial charge in [0, 0.05) is 0 Å². The summed E-state index contributed by atoms with van der Waals surface area (Å²) in [5.74, 6) is 0. The summed E-state index contributed by atoms with van der Waals surface area (Å²) in [4.78, 5) is -0.829. The summed E-state index contributed by atoms with van der Waals surface area (Å²) in [5.41, 5.74) is 8.45. The second kappa shape index (κ2) is 24.2. The van der Waals surface area contributed by atoms with Crippen LogP contribution in [0.25, 0.3) is 0 Å². The first kappa shape index (κ1) is 63.4. The third kappa shape index (κ3) is 16.5. The zero-order valence-electron chi connectivity index (χ0n) is 40.7. The molecule has 68 heavy (non-hydrogen) atoms. The zero-order valence-corrected chi connectivity index (χ0v) is 48.2. The van der Waals surface area contributed by atoms with Crippen molar-refractivity contribution < 1.29 is 66.4 Å². The van der Waals surface area contributed by atoms with Crippen LogP contribution in [0.1, 0.15) is 83.5 Å². The minimum absolute atomic E-state index is 0. The van der Waals surface area contributed by atoms with Crippen LogP contribution in [0.4, 0.5) is 0 Å². The molecule has 0 unspecified atom stereocenters. The summed E-state index contributed by atoms with van der Waals surface area (Å²) >= 11 is -4.54. The first-order valence-electron chi connectivity index (χ1n) is 20.0. The predicted molar refractivity (Wildman–Crippen MR) is 259 cm³/mol. The molecule has 0 aliphatic rings. The summed E-state index contributed by atoms with van der Waals surface area (Å²) in [6.45, 7) is 24.9. The molecule has 368 valence electrons. The minimum atomic E-state index is -4.72. The molecule has 5 rings (SSSR count). The predicted octanol–water partition coefficient (Wildman–Crippen LogP) is 6.79. The van der Waals surface area contributed by atoms with Crippen molar-refractivity contribution in [3.63, 3.8) is 0 Å². The van der Waals surface area contributed by atoms with E-state index in [4.69, 9.17) is 9.70 Å². The van der Waals surface area contributed by atoms with Crippen molar-refractivity contribution in [2.45, 2.75) is 128 Å². The first-order chi connectivity index (χ1) is 29.9. The molecule has 0 heterocycles. The number of benzene rings is 5. The second-order valence-electron chi connectivity index (χ2n) is 16.5. The van der Waals surface area contributed by atoms with Crippen LogP contribution >= 0.6 is 0 Å². The molecule has 0 radical (unpaired) electrons. The van der Waals surface area contributed by atoms with Crippen molar-refractivity contribution >= 4 is 103 Å². The van der Waals surface area contributed by atoms with E-state index in [0.29, 0.717) is 55.6 Å². The van der Waals surface area contributed by atoms with Gasteiger partial charge in [-0.25, -0.2) is 16.8 Å². The topological polar surface area (TPSA) is 276 Å².